The Morgan fingerprint density at radius 2 is 2.23 bits per heavy atom. The lowest BCUT2D eigenvalue weighted by Crippen LogP contribution is -2.46. The molecule has 4 rings (SSSR count). The average Bonchev–Trinajstić information content (AvgIpc) is 3.27. The van der Waals surface area contributed by atoms with Crippen LogP contribution < -0.4 is 5.32 Å². The summed E-state index contributed by atoms with van der Waals surface area (Å²) in [6.07, 6.45) is 4.22. The standard InChI is InChI=1S/C17H14N4O4S/c22-13-7-9(15-14(20-13)10(8-26-15)17(23)24)4-5-12-19-16(25-21-12)11-3-1-2-6-18-11/h1-3,6-8,14-15H,4-5H2,(H,20,22)(H,23,24). The lowest BCUT2D eigenvalue weighted by Gasteiger charge is -2.28. The van der Waals surface area contributed by atoms with Crippen molar-refractivity contribution in [3.8, 4) is 11.6 Å². The second-order valence-electron chi connectivity index (χ2n) is 5.87. The third kappa shape index (κ3) is 3.13. The molecule has 2 unspecified atom stereocenters. The monoisotopic (exact) mass is 370 g/mol. The number of fused-ring (bicyclic) bond motifs is 1. The van der Waals surface area contributed by atoms with Gasteiger partial charge in [-0.2, -0.15) is 4.98 Å². The number of carboxylic acids is 1. The molecule has 0 saturated heterocycles. The number of nitrogens with one attached hydrogen (secondary N) is 1. The molecule has 0 fully saturated rings. The van der Waals surface area contributed by atoms with E-state index in [1.807, 2.05) is 6.07 Å². The van der Waals surface area contributed by atoms with Crippen molar-refractivity contribution in [3.63, 3.8) is 0 Å². The molecule has 0 saturated carbocycles. The number of pyridine rings is 1. The Morgan fingerprint density at radius 1 is 1.35 bits per heavy atom. The van der Waals surface area contributed by atoms with E-state index in [4.69, 9.17) is 4.52 Å². The van der Waals surface area contributed by atoms with Crippen LogP contribution >= 0.6 is 11.8 Å². The van der Waals surface area contributed by atoms with E-state index < -0.39 is 12.0 Å². The van der Waals surface area contributed by atoms with Crippen LogP contribution in [0.15, 0.2) is 51.5 Å². The molecule has 2 N–H and O–H groups in total. The summed E-state index contributed by atoms with van der Waals surface area (Å²) < 4.78 is 5.23. The Bertz CT molecular complexity index is 922. The number of hydrogen-bond acceptors (Lipinski definition) is 7. The lowest BCUT2D eigenvalue weighted by atomic mass is 9.93. The van der Waals surface area contributed by atoms with Crippen molar-refractivity contribution in [1.29, 1.82) is 0 Å². The molecule has 132 valence electrons. The summed E-state index contributed by atoms with van der Waals surface area (Å²) in [6, 6.07) is 4.92. The number of hydrogen-bond donors (Lipinski definition) is 2. The highest BCUT2D eigenvalue weighted by Gasteiger charge is 2.39. The van der Waals surface area contributed by atoms with Crippen LogP contribution in [0.3, 0.4) is 0 Å². The van der Waals surface area contributed by atoms with Crippen LogP contribution in [0.2, 0.25) is 0 Å². The van der Waals surface area contributed by atoms with Gasteiger partial charge >= 0.3 is 5.97 Å². The number of aromatic nitrogens is 3. The Morgan fingerprint density at radius 3 is 3.00 bits per heavy atom. The van der Waals surface area contributed by atoms with E-state index in [-0.39, 0.29) is 16.7 Å². The van der Waals surface area contributed by atoms with Crippen LogP contribution in [0.4, 0.5) is 0 Å². The molecule has 8 nitrogen and oxygen atoms in total. The van der Waals surface area contributed by atoms with Crippen molar-refractivity contribution < 1.29 is 19.2 Å². The molecular formula is C17H14N4O4S. The molecule has 2 atom stereocenters. The van der Waals surface area contributed by atoms with Gasteiger partial charge in [0.1, 0.15) is 5.69 Å². The van der Waals surface area contributed by atoms with Gasteiger partial charge < -0.3 is 14.9 Å². The number of rotatable bonds is 5. The van der Waals surface area contributed by atoms with Crippen LogP contribution in [0.25, 0.3) is 11.6 Å². The number of thioether (sulfide) groups is 1. The maximum Gasteiger partial charge on any atom is 0.334 e. The molecule has 0 aromatic carbocycles. The molecule has 2 aliphatic heterocycles. The molecule has 1 amide bonds. The number of carbonyl (C=O) groups is 2. The molecule has 26 heavy (non-hydrogen) atoms. The number of nitrogens with zero attached hydrogens (tertiary/aromatic N) is 3. The summed E-state index contributed by atoms with van der Waals surface area (Å²) in [5.74, 6) is -0.426. The SMILES string of the molecule is O=C1C=C(CCc2noc(-c3ccccn3)n2)C2SC=C(C(=O)O)C2N1. The van der Waals surface area contributed by atoms with Gasteiger partial charge in [-0.1, -0.05) is 11.2 Å². The van der Waals surface area contributed by atoms with E-state index in [0.29, 0.717) is 30.3 Å². The fourth-order valence-corrected chi connectivity index (χ4v) is 4.24. The molecule has 2 aromatic rings. The van der Waals surface area contributed by atoms with Gasteiger partial charge in [-0.05, 0) is 29.5 Å². The zero-order valence-corrected chi connectivity index (χ0v) is 14.3. The Balaban J connectivity index is 1.46. The molecular weight excluding hydrogens is 356 g/mol. The first-order chi connectivity index (χ1) is 12.6. The molecule has 2 aromatic heterocycles. The van der Waals surface area contributed by atoms with Gasteiger partial charge in [-0.3, -0.25) is 9.78 Å². The fourth-order valence-electron chi connectivity index (χ4n) is 2.96. The third-order valence-electron chi connectivity index (χ3n) is 4.20. The molecule has 2 aliphatic rings. The van der Waals surface area contributed by atoms with Crippen molar-refractivity contribution >= 4 is 23.6 Å². The van der Waals surface area contributed by atoms with Crippen molar-refractivity contribution in [1.82, 2.24) is 20.4 Å². The van der Waals surface area contributed by atoms with Crippen LogP contribution in [0.1, 0.15) is 12.2 Å². The first-order valence-electron chi connectivity index (χ1n) is 7.95. The van der Waals surface area contributed by atoms with Crippen LogP contribution in [-0.2, 0) is 16.0 Å². The van der Waals surface area contributed by atoms with Crippen molar-refractivity contribution in [3.05, 3.63) is 52.9 Å². The van der Waals surface area contributed by atoms with Gasteiger partial charge in [0.25, 0.3) is 5.89 Å². The van der Waals surface area contributed by atoms with E-state index >= 15 is 0 Å². The first-order valence-corrected chi connectivity index (χ1v) is 8.90. The summed E-state index contributed by atoms with van der Waals surface area (Å²) in [5.41, 5.74) is 1.70. The number of amides is 1. The van der Waals surface area contributed by atoms with E-state index in [9.17, 15) is 14.7 Å². The number of aryl methyl sites for hydroxylation is 1. The zero-order valence-electron chi connectivity index (χ0n) is 13.5. The second kappa shape index (κ2) is 6.75. The maximum absolute atomic E-state index is 11.9. The van der Waals surface area contributed by atoms with Gasteiger partial charge in [0.15, 0.2) is 5.82 Å². The average molecular weight is 370 g/mol. The molecule has 0 aliphatic carbocycles. The van der Waals surface area contributed by atoms with Crippen LogP contribution in [-0.4, -0.2) is 43.4 Å². The number of carboxylic acid groups (broad SMARTS) is 1. The molecule has 4 heterocycles. The van der Waals surface area contributed by atoms with Gasteiger partial charge in [0.05, 0.1) is 16.9 Å². The summed E-state index contributed by atoms with van der Waals surface area (Å²) in [6.45, 7) is 0. The smallest absolute Gasteiger partial charge is 0.334 e. The second-order valence-corrected chi connectivity index (χ2v) is 6.89. The minimum absolute atomic E-state index is 0.110. The van der Waals surface area contributed by atoms with Crippen molar-refractivity contribution in [2.45, 2.75) is 24.1 Å². The molecule has 0 bridgehead atoms. The highest BCUT2D eigenvalue weighted by Crippen LogP contribution is 2.38. The summed E-state index contributed by atoms with van der Waals surface area (Å²) in [7, 11) is 0. The van der Waals surface area contributed by atoms with Gasteiger partial charge in [0.2, 0.25) is 5.91 Å². The minimum atomic E-state index is -1.01. The topological polar surface area (TPSA) is 118 Å². The Hall–Kier alpha value is -2.94. The molecule has 0 spiro atoms. The van der Waals surface area contributed by atoms with Crippen LogP contribution in [0, 0.1) is 0 Å². The zero-order chi connectivity index (χ0) is 18.1. The third-order valence-corrected chi connectivity index (χ3v) is 5.45. The minimum Gasteiger partial charge on any atom is -0.478 e. The van der Waals surface area contributed by atoms with Gasteiger partial charge in [0, 0.05) is 18.7 Å². The highest BCUT2D eigenvalue weighted by molar-refractivity contribution is 8.03. The van der Waals surface area contributed by atoms with E-state index in [1.54, 1.807) is 23.7 Å². The largest absolute Gasteiger partial charge is 0.478 e. The molecule has 0 radical (unpaired) electrons. The normalized spacial score (nSPS) is 21.6. The Labute approximate surface area is 152 Å². The summed E-state index contributed by atoms with van der Waals surface area (Å²) >= 11 is 1.41. The van der Waals surface area contributed by atoms with E-state index in [1.165, 1.54) is 17.8 Å². The lowest BCUT2D eigenvalue weighted by molar-refractivity contribution is -0.133. The Kier molecular flexibility index (Phi) is 4.29. The van der Waals surface area contributed by atoms with Gasteiger partial charge in [-0.15, -0.1) is 11.8 Å². The highest BCUT2D eigenvalue weighted by atomic mass is 32.2. The van der Waals surface area contributed by atoms with Crippen LogP contribution in [0.5, 0.6) is 0 Å². The summed E-state index contributed by atoms with van der Waals surface area (Å²) in [4.78, 5) is 31.7. The van der Waals surface area contributed by atoms with Crippen molar-refractivity contribution in [2.75, 3.05) is 0 Å². The summed E-state index contributed by atoms with van der Waals surface area (Å²) in [5, 5.41) is 17.4. The predicted octanol–water partition coefficient (Wildman–Crippen LogP) is 1.57. The molecule has 9 heteroatoms. The van der Waals surface area contributed by atoms with Gasteiger partial charge in [-0.25, -0.2) is 4.79 Å². The van der Waals surface area contributed by atoms with E-state index in [0.717, 1.165) is 5.57 Å². The number of aliphatic carboxylic acids is 1. The fraction of sp³-hybridized carbons (Fsp3) is 0.235. The predicted molar refractivity (Wildman–Crippen MR) is 93.0 cm³/mol. The number of carbonyl (C=O) groups excluding carboxylic acids is 1. The van der Waals surface area contributed by atoms with Crippen molar-refractivity contribution in [2.24, 2.45) is 0 Å². The van der Waals surface area contributed by atoms with E-state index in [2.05, 4.69) is 20.4 Å². The maximum atomic E-state index is 11.9. The quantitative estimate of drug-likeness (QED) is 0.814. The first kappa shape index (κ1) is 16.5.